The lowest BCUT2D eigenvalue weighted by Crippen LogP contribution is -2.14. The zero-order valence-electron chi connectivity index (χ0n) is 16.5. The molecule has 3 rings (SSSR count). The van der Waals surface area contributed by atoms with E-state index in [1.165, 1.54) is 12.1 Å². The maximum Gasteiger partial charge on any atom is 0.262 e. The molecule has 1 aromatic heterocycles. The van der Waals surface area contributed by atoms with Crippen LogP contribution in [0.1, 0.15) is 35.9 Å². The number of nitrogens with zero attached hydrogens (tertiary/aromatic N) is 2. The number of aryl methyl sites for hydroxylation is 2. The second kappa shape index (κ2) is 8.55. The molecular formula is C21H23ClFN3O2S. The monoisotopic (exact) mass is 435 g/mol. The Morgan fingerprint density at radius 3 is 2.45 bits per heavy atom. The van der Waals surface area contributed by atoms with Crippen molar-refractivity contribution in [3.05, 3.63) is 75.8 Å². The minimum atomic E-state index is -3.77. The summed E-state index contributed by atoms with van der Waals surface area (Å²) in [5.41, 5.74) is 2.86. The zero-order valence-corrected chi connectivity index (χ0v) is 18.1. The summed E-state index contributed by atoms with van der Waals surface area (Å²) in [4.78, 5) is 0.182. The molecule has 0 saturated carbocycles. The fourth-order valence-corrected chi connectivity index (χ4v) is 4.55. The average Bonchev–Trinajstić information content (AvgIpc) is 2.93. The minimum absolute atomic E-state index is 0.103. The van der Waals surface area contributed by atoms with Crippen LogP contribution >= 0.6 is 11.6 Å². The first-order valence-corrected chi connectivity index (χ1v) is 11.2. The van der Waals surface area contributed by atoms with Gasteiger partial charge in [0.1, 0.15) is 5.82 Å². The van der Waals surface area contributed by atoms with Gasteiger partial charge in [0.05, 0.1) is 28.5 Å². The smallest absolute Gasteiger partial charge is 0.262 e. The van der Waals surface area contributed by atoms with E-state index in [0.717, 1.165) is 18.4 Å². The fraction of sp³-hybridized carbons (Fsp3) is 0.286. The predicted molar refractivity (Wildman–Crippen MR) is 113 cm³/mol. The quantitative estimate of drug-likeness (QED) is 0.561. The van der Waals surface area contributed by atoms with E-state index in [9.17, 15) is 12.8 Å². The van der Waals surface area contributed by atoms with Gasteiger partial charge in [-0.3, -0.25) is 9.40 Å². The number of sulfonamides is 1. The Bertz CT molecular complexity index is 1110. The van der Waals surface area contributed by atoms with E-state index >= 15 is 0 Å². The van der Waals surface area contributed by atoms with Gasteiger partial charge in [-0.1, -0.05) is 43.1 Å². The number of anilines is 1. The van der Waals surface area contributed by atoms with Crippen LogP contribution in [-0.4, -0.2) is 18.2 Å². The molecule has 1 heterocycles. The molecule has 0 aliphatic heterocycles. The van der Waals surface area contributed by atoms with Crippen molar-refractivity contribution in [3.63, 3.8) is 0 Å². The van der Waals surface area contributed by atoms with Crippen molar-refractivity contribution in [2.24, 2.45) is 0 Å². The van der Waals surface area contributed by atoms with Crippen molar-refractivity contribution in [2.75, 3.05) is 4.72 Å². The third-order valence-electron chi connectivity index (χ3n) is 4.76. The van der Waals surface area contributed by atoms with Crippen LogP contribution in [0.4, 0.5) is 10.1 Å². The molecule has 5 nitrogen and oxygen atoms in total. The van der Waals surface area contributed by atoms with E-state index in [1.807, 2.05) is 12.1 Å². The molecule has 0 radical (unpaired) electrons. The maximum atomic E-state index is 14.1. The molecule has 0 unspecified atom stereocenters. The van der Waals surface area contributed by atoms with Gasteiger partial charge >= 0.3 is 0 Å². The molecule has 0 fully saturated rings. The van der Waals surface area contributed by atoms with Gasteiger partial charge in [0, 0.05) is 10.6 Å². The van der Waals surface area contributed by atoms with Crippen LogP contribution in [0.5, 0.6) is 0 Å². The normalized spacial score (nSPS) is 11.6. The van der Waals surface area contributed by atoms with E-state index < -0.39 is 15.8 Å². The largest absolute Gasteiger partial charge is 0.276 e. The number of hydrogen-bond donors (Lipinski definition) is 1. The Morgan fingerprint density at radius 1 is 1.14 bits per heavy atom. The Morgan fingerprint density at radius 2 is 1.83 bits per heavy atom. The molecule has 0 atom stereocenters. The van der Waals surface area contributed by atoms with Gasteiger partial charge in [-0.25, -0.2) is 12.8 Å². The maximum absolute atomic E-state index is 14.1. The molecular weight excluding hydrogens is 413 g/mol. The fourth-order valence-electron chi connectivity index (χ4n) is 3.15. The van der Waals surface area contributed by atoms with E-state index in [2.05, 4.69) is 16.7 Å². The lowest BCUT2D eigenvalue weighted by Gasteiger charge is -2.11. The van der Waals surface area contributed by atoms with Crippen LogP contribution < -0.4 is 4.72 Å². The third-order valence-corrected chi connectivity index (χ3v) is 6.48. The number of nitrogens with one attached hydrogen (secondary N) is 1. The minimum Gasteiger partial charge on any atom is -0.276 e. The van der Waals surface area contributed by atoms with Crippen LogP contribution in [0.15, 0.2) is 47.4 Å². The molecule has 0 spiro atoms. The van der Waals surface area contributed by atoms with Crippen molar-refractivity contribution in [1.29, 1.82) is 0 Å². The molecule has 0 bridgehead atoms. The number of benzene rings is 2. The van der Waals surface area contributed by atoms with Crippen LogP contribution in [0.2, 0.25) is 5.02 Å². The summed E-state index contributed by atoms with van der Waals surface area (Å²) >= 11 is 6.11. The Balaban J connectivity index is 1.88. The molecule has 3 aromatic rings. The molecule has 2 aromatic carbocycles. The topological polar surface area (TPSA) is 64.0 Å². The molecule has 1 N–H and O–H groups in total. The third kappa shape index (κ3) is 4.62. The SMILES string of the molecule is CCCc1ccc(S(=O)(=O)Nc2c(C)nn(Cc3c(F)cccc3Cl)c2C)cc1. The molecule has 0 amide bonds. The Labute approximate surface area is 175 Å². The summed E-state index contributed by atoms with van der Waals surface area (Å²) in [5.74, 6) is -0.431. The second-order valence-corrected chi connectivity index (χ2v) is 8.99. The Kier molecular flexibility index (Phi) is 6.29. The van der Waals surface area contributed by atoms with Gasteiger partial charge in [0.2, 0.25) is 0 Å². The van der Waals surface area contributed by atoms with Crippen molar-refractivity contribution in [2.45, 2.75) is 45.1 Å². The molecule has 0 aliphatic carbocycles. The van der Waals surface area contributed by atoms with Crippen LogP contribution in [0.25, 0.3) is 0 Å². The number of aromatic nitrogens is 2. The standard InChI is InChI=1S/C21H23ClFN3O2S/c1-4-6-16-9-11-17(12-10-16)29(27,28)25-21-14(2)24-26(15(21)3)13-18-19(22)7-5-8-20(18)23/h5,7-12,25H,4,6,13H2,1-3H3. The predicted octanol–water partition coefficient (Wildman–Crippen LogP) is 5.09. The highest BCUT2D eigenvalue weighted by Crippen LogP contribution is 2.26. The molecule has 29 heavy (non-hydrogen) atoms. The second-order valence-electron chi connectivity index (χ2n) is 6.90. The first kappa shape index (κ1) is 21.3. The first-order chi connectivity index (χ1) is 13.7. The Hall–Kier alpha value is -2.38. The van der Waals surface area contributed by atoms with Gasteiger partial charge < -0.3 is 0 Å². The van der Waals surface area contributed by atoms with Crippen LogP contribution in [-0.2, 0) is 23.0 Å². The summed E-state index contributed by atoms with van der Waals surface area (Å²) in [7, 11) is -3.77. The van der Waals surface area contributed by atoms with Crippen molar-refractivity contribution in [1.82, 2.24) is 9.78 Å². The number of hydrogen-bond acceptors (Lipinski definition) is 3. The summed E-state index contributed by atoms with van der Waals surface area (Å²) in [5, 5.41) is 4.67. The van der Waals surface area contributed by atoms with Crippen molar-refractivity contribution in [3.8, 4) is 0 Å². The highest BCUT2D eigenvalue weighted by molar-refractivity contribution is 7.92. The lowest BCUT2D eigenvalue weighted by atomic mass is 10.1. The summed E-state index contributed by atoms with van der Waals surface area (Å²) in [6.45, 7) is 5.61. The van der Waals surface area contributed by atoms with E-state index in [4.69, 9.17) is 11.6 Å². The lowest BCUT2D eigenvalue weighted by molar-refractivity contribution is 0.579. The van der Waals surface area contributed by atoms with Gasteiger partial charge in [0.25, 0.3) is 10.0 Å². The molecule has 0 saturated heterocycles. The van der Waals surface area contributed by atoms with E-state index in [-0.39, 0.29) is 11.4 Å². The summed E-state index contributed by atoms with van der Waals surface area (Å²) < 4.78 is 43.9. The van der Waals surface area contributed by atoms with Crippen LogP contribution in [0, 0.1) is 19.7 Å². The molecule has 8 heteroatoms. The van der Waals surface area contributed by atoms with Gasteiger partial charge in [-0.15, -0.1) is 0 Å². The number of halogens is 2. The van der Waals surface area contributed by atoms with Gasteiger partial charge in [-0.05, 0) is 50.1 Å². The summed E-state index contributed by atoms with van der Waals surface area (Å²) in [6.07, 6.45) is 1.89. The summed E-state index contributed by atoms with van der Waals surface area (Å²) in [6, 6.07) is 11.3. The van der Waals surface area contributed by atoms with Gasteiger partial charge in [-0.2, -0.15) is 5.10 Å². The van der Waals surface area contributed by atoms with E-state index in [1.54, 1.807) is 36.7 Å². The molecule has 154 valence electrons. The van der Waals surface area contributed by atoms with Crippen molar-refractivity contribution < 1.29 is 12.8 Å². The van der Waals surface area contributed by atoms with Crippen LogP contribution in [0.3, 0.4) is 0 Å². The first-order valence-electron chi connectivity index (χ1n) is 9.31. The highest BCUT2D eigenvalue weighted by Gasteiger charge is 2.21. The highest BCUT2D eigenvalue weighted by atomic mass is 35.5. The zero-order chi connectivity index (χ0) is 21.2. The average molecular weight is 436 g/mol. The molecule has 0 aliphatic rings. The van der Waals surface area contributed by atoms with E-state index in [0.29, 0.717) is 27.7 Å². The van der Waals surface area contributed by atoms with Gasteiger partial charge in [0.15, 0.2) is 0 Å². The van der Waals surface area contributed by atoms with Crippen molar-refractivity contribution >= 4 is 27.3 Å². The number of rotatable bonds is 7.